The van der Waals surface area contributed by atoms with Crippen LogP contribution >= 0.6 is 0 Å². The lowest BCUT2D eigenvalue weighted by Crippen LogP contribution is -2.41. The number of nitrogens with zero attached hydrogens (tertiary/aromatic N) is 2. The number of rotatable bonds is 6. The van der Waals surface area contributed by atoms with Gasteiger partial charge in [-0.25, -0.2) is 4.39 Å². The lowest BCUT2D eigenvalue weighted by Gasteiger charge is -2.26. The summed E-state index contributed by atoms with van der Waals surface area (Å²) < 4.78 is 20.5. The van der Waals surface area contributed by atoms with Gasteiger partial charge in [0.05, 0.1) is 13.2 Å². The van der Waals surface area contributed by atoms with Gasteiger partial charge in [-0.1, -0.05) is 12.1 Å². The van der Waals surface area contributed by atoms with Gasteiger partial charge in [-0.3, -0.25) is 9.69 Å². The van der Waals surface area contributed by atoms with Gasteiger partial charge in [-0.05, 0) is 43.2 Å². The van der Waals surface area contributed by atoms with Crippen molar-refractivity contribution in [3.05, 3.63) is 58.7 Å². The molecule has 2 aromatic rings. The molecule has 1 fully saturated rings. The second-order valence-corrected chi connectivity index (χ2v) is 6.74. The Morgan fingerprint density at radius 1 is 1.19 bits per heavy atom. The number of hydrogen-bond donors (Lipinski definition) is 1. The first-order valence-electron chi connectivity index (χ1n) is 9.04. The monoisotopic (exact) mass is 359 g/mol. The van der Waals surface area contributed by atoms with Crippen molar-refractivity contribution in [2.75, 3.05) is 39.4 Å². The number of aryl methyl sites for hydroxylation is 2. The summed E-state index contributed by atoms with van der Waals surface area (Å²) >= 11 is 0. The van der Waals surface area contributed by atoms with Crippen molar-refractivity contribution >= 4 is 5.91 Å². The van der Waals surface area contributed by atoms with Crippen LogP contribution in [0.1, 0.15) is 27.3 Å². The van der Waals surface area contributed by atoms with Crippen molar-refractivity contribution in [3.63, 3.8) is 0 Å². The largest absolute Gasteiger partial charge is 0.379 e. The van der Waals surface area contributed by atoms with Crippen LogP contribution in [0.25, 0.3) is 0 Å². The third-order valence-electron chi connectivity index (χ3n) is 4.78. The fourth-order valence-electron chi connectivity index (χ4n) is 3.36. The summed E-state index contributed by atoms with van der Waals surface area (Å²) in [5, 5.41) is 3.03. The van der Waals surface area contributed by atoms with Crippen LogP contribution in [0.3, 0.4) is 0 Å². The Morgan fingerprint density at radius 3 is 2.58 bits per heavy atom. The quantitative estimate of drug-likeness (QED) is 0.861. The normalized spacial score (nSPS) is 15.2. The highest BCUT2D eigenvalue weighted by Gasteiger charge is 2.18. The molecule has 1 aliphatic rings. The maximum Gasteiger partial charge on any atom is 0.268 e. The fourth-order valence-corrected chi connectivity index (χ4v) is 3.36. The second-order valence-electron chi connectivity index (χ2n) is 6.74. The third-order valence-corrected chi connectivity index (χ3v) is 4.78. The van der Waals surface area contributed by atoms with Crippen molar-refractivity contribution in [1.29, 1.82) is 0 Å². The summed E-state index contributed by atoms with van der Waals surface area (Å²) in [5.74, 6) is -0.318. The molecule has 1 N–H and O–H groups in total. The Bertz CT molecular complexity index is 749. The van der Waals surface area contributed by atoms with Crippen LogP contribution in [0, 0.1) is 19.7 Å². The number of ether oxygens (including phenoxy) is 1. The maximum atomic E-state index is 13.1. The number of carbonyl (C=O) groups is 1. The molecule has 140 valence electrons. The highest BCUT2D eigenvalue weighted by molar-refractivity contribution is 5.94. The average Bonchev–Trinajstić information content (AvgIpc) is 2.91. The van der Waals surface area contributed by atoms with Crippen LogP contribution < -0.4 is 5.32 Å². The zero-order chi connectivity index (χ0) is 18.5. The van der Waals surface area contributed by atoms with Crippen LogP contribution in [0.2, 0.25) is 0 Å². The summed E-state index contributed by atoms with van der Waals surface area (Å²) in [6.45, 7) is 9.26. The van der Waals surface area contributed by atoms with Crippen molar-refractivity contribution in [2.45, 2.75) is 20.4 Å². The predicted octanol–water partition coefficient (Wildman–Crippen LogP) is 2.35. The van der Waals surface area contributed by atoms with Crippen LogP contribution in [0.4, 0.5) is 4.39 Å². The fraction of sp³-hybridized carbons (Fsp3) is 0.450. The van der Waals surface area contributed by atoms with E-state index in [-0.39, 0.29) is 11.7 Å². The van der Waals surface area contributed by atoms with E-state index in [0.29, 0.717) is 18.8 Å². The zero-order valence-corrected chi connectivity index (χ0v) is 15.4. The summed E-state index contributed by atoms with van der Waals surface area (Å²) in [4.78, 5) is 15.0. The second kappa shape index (κ2) is 8.47. The Hall–Kier alpha value is -2.18. The Morgan fingerprint density at radius 2 is 1.88 bits per heavy atom. The maximum absolute atomic E-state index is 13.1. The molecule has 26 heavy (non-hydrogen) atoms. The third kappa shape index (κ3) is 4.51. The lowest BCUT2D eigenvalue weighted by atomic mass is 10.2. The van der Waals surface area contributed by atoms with E-state index in [1.54, 1.807) is 12.1 Å². The standard InChI is InChI=1S/C20H26FN3O2/c1-15-13-16(2)24(14-17-3-5-18(21)6-4-17)19(15)20(25)22-7-8-23-9-11-26-12-10-23/h3-6,13H,7-12,14H2,1-2H3,(H,22,25). The van der Waals surface area contributed by atoms with Gasteiger partial charge in [-0.15, -0.1) is 0 Å². The lowest BCUT2D eigenvalue weighted by molar-refractivity contribution is 0.0383. The van der Waals surface area contributed by atoms with Gasteiger partial charge in [0.2, 0.25) is 0 Å². The van der Waals surface area contributed by atoms with Crippen LogP contribution in [-0.4, -0.2) is 54.8 Å². The molecular formula is C20H26FN3O2. The number of aromatic nitrogens is 1. The molecular weight excluding hydrogens is 333 g/mol. The summed E-state index contributed by atoms with van der Waals surface area (Å²) in [6, 6.07) is 8.42. The summed E-state index contributed by atoms with van der Waals surface area (Å²) in [6.07, 6.45) is 0. The molecule has 0 bridgehead atoms. The SMILES string of the molecule is Cc1cc(C)n(Cc2ccc(F)cc2)c1C(=O)NCCN1CCOCC1. The molecule has 1 aromatic heterocycles. The van der Waals surface area contributed by atoms with E-state index in [1.807, 2.05) is 24.5 Å². The minimum absolute atomic E-state index is 0.0639. The molecule has 1 amide bonds. The van der Waals surface area contributed by atoms with Crippen LogP contribution in [0.5, 0.6) is 0 Å². The van der Waals surface area contributed by atoms with Gasteiger partial charge in [0.1, 0.15) is 11.5 Å². The van der Waals surface area contributed by atoms with Crippen molar-refractivity contribution in [2.24, 2.45) is 0 Å². The minimum atomic E-state index is -0.254. The first-order valence-corrected chi connectivity index (χ1v) is 9.04. The number of halogens is 1. The minimum Gasteiger partial charge on any atom is -0.379 e. The first kappa shape index (κ1) is 18.6. The molecule has 0 atom stereocenters. The molecule has 1 saturated heterocycles. The van der Waals surface area contributed by atoms with Gasteiger partial charge in [0.15, 0.2) is 0 Å². The van der Waals surface area contributed by atoms with Gasteiger partial charge < -0.3 is 14.6 Å². The molecule has 5 nitrogen and oxygen atoms in total. The number of morpholine rings is 1. The highest BCUT2D eigenvalue weighted by atomic mass is 19.1. The molecule has 1 aromatic carbocycles. The van der Waals surface area contributed by atoms with E-state index in [0.717, 1.165) is 49.7 Å². The molecule has 0 radical (unpaired) electrons. The Labute approximate surface area is 153 Å². The van der Waals surface area contributed by atoms with Gasteiger partial charge in [0.25, 0.3) is 5.91 Å². The highest BCUT2D eigenvalue weighted by Crippen LogP contribution is 2.17. The molecule has 6 heteroatoms. The van der Waals surface area contributed by atoms with E-state index in [2.05, 4.69) is 10.2 Å². The number of hydrogen-bond acceptors (Lipinski definition) is 3. The number of carbonyl (C=O) groups excluding carboxylic acids is 1. The summed E-state index contributed by atoms with van der Waals surface area (Å²) in [7, 11) is 0. The van der Waals surface area contributed by atoms with Crippen molar-refractivity contribution in [3.8, 4) is 0 Å². The predicted molar refractivity (Wildman–Crippen MR) is 99.0 cm³/mol. The number of nitrogens with one attached hydrogen (secondary N) is 1. The van der Waals surface area contributed by atoms with E-state index < -0.39 is 0 Å². The average molecular weight is 359 g/mol. The van der Waals surface area contributed by atoms with E-state index >= 15 is 0 Å². The molecule has 0 unspecified atom stereocenters. The Kier molecular flexibility index (Phi) is 6.06. The van der Waals surface area contributed by atoms with Crippen molar-refractivity contribution in [1.82, 2.24) is 14.8 Å². The van der Waals surface area contributed by atoms with E-state index in [9.17, 15) is 9.18 Å². The van der Waals surface area contributed by atoms with Crippen LogP contribution in [-0.2, 0) is 11.3 Å². The molecule has 0 spiro atoms. The molecule has 3 rings (SSSR count). The van der Waals surface area contributed by atoms with Crippen molar-refractivity contribution < 1.29 is 13.9 Å². The van der Waals surface area contributed by atoms with E-state index in [4.69, 9.17) is 4.74 Å². The smallest absolute Gasteiger partial charge is 0.268 e. The van der Waals surface area contributed by atoms with Gasteiger partial charge >= 0.3 is 0 Å². The zero-order valence-electron chi connectivity index (χ0n) is 15.4. The molecule has 2 heterocycles. The summed E-state index contributed by atoms with van der Waals surface area (Å²) in [5.41, 5.74) is 3.61. The molecule has 1 aliphatic heterocycles. The van der Waals surface area contributed by atoms with E-state index in [1.165, 1.54) is 12.1 Å². The van der Waals surface area contributed by atoms with Gasteiger partial charge in [0, 0.05) is 38.4 Å². The number of benzene rings is 1. The Balaban J connectivity index is 1.66. The van der Waals surface area contributed by atoms with Gasteiger partial charge in [-0.2, -0.15) is 0 Å². The number of amides is 1. The first-order chi connectivity index (χ1) is 12.5. The molecule has 0 aliphatic carbocycles. The topological polar surface area (TPSA) is 46.5 Å². The van der Waals surface area contributed by atoms with Crippen LogP contribution in [0.15, 0.2) is 30.3 Å². The molecule has 0 saturated carbocycles.